The van der Waals surface area contributed by atoms with Gasteiger partial charge in [-0.3, -0.25) is 9.59 Å². The Morgan fingerprint density at radius 3 is 2.26 bits per heavy atom. The number of aryl methyl sites for hydroxylation is 1. The largest absolute Gasteiger partial charge is 0.417 e. The minimum Gasteiger partial charge on any atom is -0.268 e. The van der Waals surface area contributed by atoms with Crippen molar-refractivity contribution in [3.8, 4) is 5.69 Å². The SMILES string of the molecule is Cc1nn(-c2cc(F)cc(F)c2)c2ncc3c(c12)C(=O)N(c1ccc(Cl)c(C(F)(F)F)c1)C3=O. The second kappa shape index (κ2) is 7.32. The Hall–Kier alpha value is -3.86. The number of hydrogen-bond acceptors (Lipinski definition) is 4. The van der Waals surface area contributed by atoms with Crippen LogP contribution in [0.25, 0.3) is 16.7 Å². The van der Waals surface area contributed by atoms with Crippen molar-refractivity contribution in [1.29, 1.82) is 0 Å². The molecule has 2 aromatic carbocycles. The van der Waals surface area contributed by atoms with E-state index < -0.39 is 40.2 Å². The molecule has 0 spiro atoms. The number of carbonyl (C=O) groups is 2. The van der Waals surface area contributed by atoms with Crippen molar-refractivity contribution < 1.29 is 31.5 Å². The highest BCUT2D eigenvalue weighted by molar-refractivity contribution is 6.37. The van der Waals surface area contributed by atoms with Crippen molar-refractivity contribution in [3.63, 3.8) is 0 Å². The van der Waals surface area contributed by atoms with E-state index in [1.54, 1.807) is 0 Å². The minimum atomic E-state index is -4.81. The molecule has 1 aliphatic heterocycles. The smallest absolute Gasteiger partial charge is 0.268 e. The van der Waals surface area contributed by atoms with Crippen molar-refractivity contribution in [2.75, 3.05) is 4.90 Å². The van der Waals surface area contributed by atoms with E-state index >= 15 is 0 Å². The molecule has 2 aromatic heterocycles. The highest BCUT2D eigenvalue weighted by atomic mass is 35.5. The average Bonchev–Trinajstić information content (AvgIpc) is 3.21. The Balaban J connectivity index is 1.68. The number of nitrogens with zero attached hydrogens (tertiary/aromatic N) is 4. The molecule has 5 rings (SSSR count). The fourth-order valence-corrected chi connectivity index (χ4v) is 4.13. The van der Waals surface area contributed by atoms with Crippen LogP contribution in [0.2, 0.25) is 5.02 Å². The van der Waals surface area contributed by atoms with Gasteiger partial charge in [0, 0.05) is 12.3 Å². The first kappa shape index (κ1) is 22.0. The van der Waals surface area contributed by atoms with Crippen LogP contribution in [0.15, 0.2) is 42.6 Å². The molecule has 0 N–H and O–H groups in total. The summed E-state index contributed by atoms with van der Waals surface area (Å²) < 4.78 is 68.5. The number of benzene rings is 2. The van der Waals surface area contributed by atoms with Crippen LogP contribution in [0.4, 0.5) is 27.6 Å². The van der Waals surface area contributed by atoms with Gasteiger partial charge < -0.3 is 0 Å². The van der Waals surface area contributed by atoms with Crippen molar-refractivity contribution >= 4 is 40.1 Å². The number of hydrogen-bond donors (Lipinski definition) is 0. The van der Waals surface area contributed by atoms with Gasteiger partial charge in [-0.2, -0.15) is 18.3 Å². The summed E-state index contributed by atoms with van der Waals surface area (Å²) in [4.78, 5) is 31.0. The fraction of sp³-hybridized carbons (Fsp3) is 0.0909. The van der Waals surface area contributed by atoms with Gasteiger partial charge in [0.1, 0.15) is 11.6 Å². The number of imide groups is 1. The number of halogens is 6. The molecule has 6 nitrogen and oxygen atoms in total. The molecule has 0 radical (unpaired) electrons. The highest BCUT2D eigenvalue weighted by Crippen LogP contribution is 2.40. The molecule has 0 atom stereocenters. The molecule has 2 amide bonds. The number of aromatic nitrogens is 3. The van der Waals surface area contributed by atoms with E-state index in [1.807, 2.05) is 0 Å². The zero-order valence-corrected chi connectivity index (χ0v) is 17.7. The lowest BCUT2D eigenvalue weighted by molar-refractivity contribution is -0.137. The molecule has 12 heteroatoms. The quantitative estimate of drug-likeness (QED) is 0.274. The summed E-state index contributed by atoms with van der Waals surface area (Å²) in [5, 5.41) is 3.75. The van der Waals surface area contributed by atoms with Gasteiger partial charge in [-0.15, -0.1) is 0 Å². The molecule has 172 valence electrons. The van der Waals surface area contributed by atoms with Crippen molar-refractivity contribution in [1.82, 2.24) is 14.8 Å². The molecule has 0 saturated heterocycles. The maximum atomic E-state index is 13.7. The van der Waals surface area contributed by atoms with Crippen LogP contribution < -0.4 is 4.90 Å². The van der Waals surface area contributed by atoms with Crippen LogP contribution in [0.1, 0.15) is 32.0 Å². The second-order valence-electron chi connectivity index (χ2n) is 7.48. The van der Waals surface area contributed by atoms with Gasteiger partial charge in [0.25, 0.3) is 11.8 Å². The maximum absolute atomic E-state index is 13.7. The summed E-state index contributed by atoms with van der Waals surface area (Å²) in [6.07, 6.45) is -3.73. The van der Waals surface area contributed by atoms with Gasteiger partial charge >= 0.3 is 6.18 Å². The van der Waals surface area contributed by atoms with Crippen LogP contribution in [0.3, 0.4) is 0 Å². The van der Waals surface area contributed by atoms with Gasteiger partial charge in [-0.05, 0) is 37.3 Å². The van der Waals surface area contributed by atoms with E-state index in [1.165, 1.54) is 6.92 Å². The summed E-state index contributed by atoms with van der Waals surface area (Å²) in [6.45, 7) is 1.50. The summed E-state index contributed by atoms with van der Waals surface area (Å²) in [6, 6.07) is 5.37. The zero-order valence-electron chi connectivity index (χ0n) is 16.9. The maximum Gasteiger partial charge on any atom is 0.417 e. The van der Waals surface area contributed by atoms with Gasteiger partial charge in [0.05, 0.1) is 44.2 Å². The Morgan fingerprint density at radius 1 is 0.941 bits per heavy atom. The number of carbonyl (C=O) groups excluding carboxylic acids is 2. The van der Waals surface area contributed by atoms with E-state index in [2.05, 4.69) is 10.1 Å². The number of alkyl halides is 3. The summed E-state index contributed by atoms with van der Waals surface area (Å²) in [5.74, 6) is -3.50. The van der Waals surface area contributed by atoms with E-state index in [-0.39, 0.29) is 39.2 Å². The molecule has 0 aliphatic carbocycles. The van der Waals surface area contributed by atoms with E-state index in [4.69, 9.17) is 11.6 Å². The van der Waals surface area contributed by atoms with Crippen LogP contribution in [0, 0.1) is 18.6 Å². The highest BCUT2D eigenvalue weighted by Gasteiger charge is 2.41. The second-order valence-corrected chi connectivity index (χ2v) is 7.89. The predicted octanol–water partition coefficient (Wildman–Crippen LogP) is 5.48. The number of amides is 2. The lowest BCUT2D eigenvalue weighted by Crippen LogP contribution is -2.29. The predicted molar refractivity (Wildman–Crippen MR) is 111 cm³/mol. The normalized spacial score (nSPS) is 13.8. The minimum absolute atomic E-state index is 0.0100. The van der Waals surface area contributed by atoms with E-state index in [9.17, 15) is 31.5 Å². The van der Waals surface area contributed by atoms with Gasteiger partial charge in [0.2, 0.25) is 0 Å². The lowest BCUT2D eigenvalue weighted by atomic mass is 10.1. The molecule has 1 aliphatic rings. The summed E-state index contributed by atoms with van der Waals surface area (Å²) in [5.41, 5.74) is -1.55. The van der Waals surface area contributed by atoms with Gasteiger partial charge in [-0.25, -0.2) is 23.3 Å². The molecular weight excluding hydrogens is 483 g/mol. The van der Waals surface area contributed by atoms with Crippen LogP contribution in [-0.4, -0.2) is 26.6 Å². The monoisotopic (exact) mass is 492 g/mol. The van der Waals surface area contributed by atoms with E-state index in [0.29, 0.717) is 17.0 Å². The summed E-state index contributed by atoms with van der Waals surface area (Å²) in [7, 11) is 0. The first-order valence-electron chi connectivity index (χ1n) is 9.57. The average molecular weight is 493 g/mol. The molecule has 0 unspecified atom stereocenters. The Morgan fingerprint density at radius 2 is 1.62 bits per heavy atom. The molecular formula is C22H10ClF5N4O2. The Kier molecular flexibility index (Phi) is 4.73. The number of fused-ring (bicyclic) bond motifs is 3. The first-order chi connectivity index (χ1) is 16.0. The standard InChI is InChI=1S/C22H10ClF5N4O2/c1-9-17-18-14(8-29-19(17)32(30-9)13-5-10(24)4-11(25)6-13)20(33)31(21(18)34)12-2-3-16(23)15(7-12)22(26,27)28/h2-8H,1H3. The lowest BCUT2D eigenvalue weighted by Gasteiger charge is -2.17. The molecule has 34 heavy (non-hydrogen) atoms. The van der Waals surface area contributed by atoms with E-state index in [0.717, 1.165) is 35.1 Å². The molecule has 3 heterocycles. The van der Waals surface area contributed by atoms with Gasteiger partial charge in [0.15, 0.2) is 5.65 Å². The molecule has 4 aromatic rings. The van der Waals surface area contributed by atoms with Crippen molar-refractivity contribution in [3.05, 3.63) is 81.6 Å². The number of rotatable bonds is 2. The van der Waals surface area contributed by atoms with Crippen LogP contribution in [0.5, 0.6) is 0 Å². The number of anilines is 1. The zero-order chi connectivity index (χ0) is 24.5. The number of pyridine rings is 1. The fourth-order valence-electron chi connectivity index (χ4n) is 3.91. The third kappa shape index (κ3) is 3.23. The van der Waals surface area contributed by atoms with Crippen LogP contribution in [-0.2, 0) is 6.18 Å². The third-order valence-corrected chi connectivity index (χ3v) is 5.66. The third-order valence-electron chi connectivity index (χ3n) is 5.33. The first-order valence-corrected chi connectivity index (χ1v) is 9.95. The Bertz CT molecular complexity index is 1530. The Labute approximate surface area is 192 Å². The molecule has 0 bridgehead atoms. The summed E-state index contributed by atoms with van der Waals surface area (Å²) >= 11 is 5.65. The van der Waals surface area contributed by atoms with Crippen molar-refractivity contribution in [2.24, 2.45) is 0 Å². The topological polar surface area (TPSA) is 68.1 Å². The van der Waals surface area contributed by atoms with Crippen molar-refractivity contribution in [2.45, 2.75) is 13.1 Å². The molecule has 0 saturated carbocycles. The molecule has 0 fully saturated rings. The van der Waals surface area contributed by atoms with Gasteiger partial charge in [-0.1, -0.05) is 11.6 Å². The van der Waals surface area contributed by atoms with Crippen LogP contribution >= 0.6 is 11.6 Å².